The van der Waals surface area contributed by atoms with Crippen molar-refractivity contribution in [3.05, 3.63) is 70.9 Å². The molecule has 1 N–H and O–H groups in total. The minimum absolute atomic E-state index is 0.0171. The number of hydrogen-bond acceptors (Lipinski definition) is 4. The van der Waals surface area contributed by atoms with Crippen LogP contribution in [-0.4, -0.2) is 43.5 Å². The first-order valence-electron chi connectivity index (χ1n) is 10.1. The molecule has 3 aromatic rings. The van der Waals surface area contributed by atoms with E-state index in [4.69, 9.17) is 9.72 Å². The molecule has 1 heterocycles. The van der Waals surface area contributed by atoms with Gasteiger partial charge in [0.15, 0.2) is 0 Å². The molecule has 150 valence electrons. The zero-order valence-corrected chi connectivity index (χ0v) is 17.2. The van der Waals surface area contributed by atoms with Crippen LogP contribution in [0.1, 0.15) is 39.6 Å². The number of nitrogens with one attached hydrogen (secondary N) is 1. The Balaban J connectivity index is 1.62. The summed E-state index contributed by atoms with van der Waals surface area (Å²) in [6.07, 6.45) is 2.93. The quantitative estimate of drug-likeness (QED) is 0.697. The largest absolute Gasteiger partial charge is 0.497 e. The zero-order chi connectivity index (χ0) is 20.4. The van der Waals surface area contributed by atoms with Crippen LogP contribution in [0.4, 0.5) is 0 Å². The number of hydrogen-bond donors (Lipinski definition) is 1. The maximum atomic E-state index is 13.3. The van der Waals surface area contributed by atoms with Crippen molar-refractivity contribution in [3.63, 3.8) is 0 Å². The maximum absolute atomic E-state index is 13.3. The normalized spacial score (nSPS) is 14.1. The van der Waals surface area contributed by atoms with Crippen LogP contribution in [0.3, 0.4) is 0 Å². The van der Waals surface area contributed by atoms with Crippen LogP contribution >= 0.6 is 0 Å². The average molecular weight is 389 g/mol. The van der Waals surface area contributed by atoms with E-state index in [1.54, 1.807) is 7.11 Å². The highest BCUT2D eigenvalue weighted by molar-refractivity contribution is 6.07. The second-order valence-electron chi connectivity index (χ2n) is 7.75. The van der Waals surface area contributed by atoms with Crippen molar-refractivity contribution < 1.29 is 9.53 Å². The van der Waals surface area contributed by atoms with Crippen LogP contribution in [0, 0.1) is 0 Å². The molecule has 4 rings (SSSR count). The molecule has 1 aromatic heterocycles. The molecule has 1 aliphatic carbocycles. The summed E-state index contributed by atoms with van der Waals surface area (Å²) in [4.78, 5) is 20.2. The van der Waals surface area contributed by atoms with Crippen LogP contribution in [-0.2, 0) is 12.8 Å². The van der Waals surface area contributed by atoms with Gasteiger partial charge in [-0.2, -0.15) is 0 Å². The second-order valence-corrected chi connectivity index (χ2v) is 7.75. The van der Waals surface area contributed by atoms with E-state index in [9.17, 15) is 4.79 Å². The van der Waals surface area contributed by atoms with Crippen molar-refractivity contribution in [1.82, 2.24) is 15.2 Å². The number of likely N-dealkylation sites (N-methyl/N-ethyl adjacent to an activating group) is 1. The molecule has 0 radical (unpaired) electrons. The SMILES string of the molecule is COc1cccc(C(CNC(=O)c2c3c(nc4ccccc24)CCC3)N(C)C)c1. The summed E-state index contributed by atoms with van der Waals surface area (Å²) in [5.74, 6) is 0.801. The van der Waals surface area contributed by atoms with Gasteiger partial charge < -0.3 is 15.0 Å². The third-order valence-corrected chi connectivity index (χ3v) is 5.70. The highest BCUT2D eigenvalue weighted by Crippen LogP contribution is 2.30. The molecule has 0 saturated heterocycles. The Morgan fingerprint density at radius 1 is 1.17 bits per heavy atom. The number of aromatic nitrogens is 1. The van der Waals surface area contributed by atoms with Gasteiger partial charge in [0.2, 0.25) is 0 Å². The smallest absolute Gasteiger partial charge is 0.252 e. The fourth-order valence-corrected chi connectivity index (χ4v) is 4.20. The summed E-state index contributed by atoms with van der Waals surface area (Å²) < 4.78 is 5.37. The Morgan fingerprint density at radius 2 is 2.00 bits per heavy atom. The summed E-state index contributed by atoms with van der Waals surface area (Å²) >= 11 is 0. The first kappa shape index (κ1) is 19.4. The third kappa shape index (κ3) is 3.83. The van der Waals surface area contributed by atoms with Gasteiger partial charge in [0.05, 0.1) is 24.2 Å². The van der Waals surface area contributed by atoms with E-state index in [1.165, 1.54) is 0 Å². The molecule has 1 amide bonds. The van der Waals surface area contributed by atoms with Crippen molar-refractivity contribution in [2.45, 2.75) is 25.3 Å². The van der Waals surface area contributed by atoms with Gasteiger partial charge in [-0.15, -0.1) is 0 Å². The summed E-state index contributed by atoms with van der Waals surface area (Å²) in [6.45, 7) is 0.518. The number of fused-ring (bicyclic) bond motifs is 2. The van der Waals surface area contributed by atoms with Gasteiger partial charge in [0.25, 0.3) is 5.91 Å². The van der Waals surface area contributed by atoms with E-state index in [1.807, 2.05) is 56.6 Å². The highest BCUT2D eigenvalue weighted by Gasteiger charge is 2.24. The molecular formula is C24H27N3O2. The monoisotopic (exact) mass is 389 g/mol. The second kappa shape index (κ2) is 8.21. The summed E-state index contributed by atoms with van der Waals surface area (Å²) in [5.41, 5.74) is 5.00. The molecule has 29 heavy (non-hydrogen) atoms. The average Bonchev–Trinajstić information content (AvgIpc) is 3.19. The third-order valence-electron chi connectivity index (χ3n) is 5.70. The number of amides is 1. The molecule has 0 fully saturated rings. The Kier molecular flexibility index (Phi) is 5.49. The topological polar surface area (TPSA) is 54.5 Å². The van der Waals surface area contributed by atoms with E-state index >= 15 is 0 Å². The molecule has 1 unspecified atom stereocenters. The Labute approximate surface area is 171 Å². The fraction of sp³-hybridized carbons (Fsp3) is 0.333. The van der Waals surface area contributed by atoms with Crippen molar-refractivity contribution in [1.29, 1.82) is 0 Å². The lowest BCUT2D eigenvalue weighted by molar-refractivity contribution is 0.0942. The molecule has 5 heteroatoms. The molecular weight excluding hydrogens is 362 g/mol. The summed E-state index contributed by atoms with van der Waals surface area (Å²) in [7, 11) is 5.71. The van der Waals surface area contributed by atoms with E-state index < -0.39 is 0 Å². The number of aryl methyl sites for hydroxylation is 1. The number of pyridine rings is 1. The molecule has 0 spiro atoms. The number of para-hydroxylation sites is 1. The maximum Gasteiger partial charge on any atom is 0.252 e. The lowest BCUT2D eigenvalue weighted by Crippen LogP contribution is -2.35. The number of carbonyl (C=O) groups excluding carboxylic acids is 1. The van der Waals surface area contributed by atoms with Crippen LogP contribution in [0.5, 0.6) is 5.75 Å². The van der Waals surface area contributed by atoms with E-state index in [0.29, 0.717) is 6.54 Å². The van der Waals surface area contributed by atoms with Crippen molar-refractivity contribution >= 4 is 16.8 Å². The molecule has 5 nitrogen and oxygen atoms in total. The Hall–Kier alpha value is -2.92. The van der Waals surface area contributed by atoms with Crippen LogP contribution in [0.2, 0.25) is 0 Å². The van der Waals surface area contributed by atoms with Gasteiger partial charge in [-0.05, 0) is 62.7 Å². The standard InChI is InChI=1S/C24H27N3O2/c1-27(2)22(16-8-6-9-17(14-16)29-3)15-25-24(28)23-18-10-4-5-12-20(18)26-21-13-7-11-19(21)23/h4-6,8-10,12,14,22H,7,11,13,15H2,1-3H3,(H,25,28). The number of benzene rings is 2. The minimum atomic E-state index is -0.0171. The number of methoxy groups -OCH3 is 1. The number of ether oxygens (including phenoxy) is 1. The van der Waals surface area contributed by atoms with E-state index in [2.05, 4.69) is 16.3 Å². The summed E-state index contributed by atoms with van der Waals surface area (Å²) in [6, 6.07) is 16.0. The van der Waals surface area contributed by atoms with Gasteiger partial charge in [0, 0.05) is 17.6 Å². The zero-order valence-electron chi connectivity index (χ0n) is 17.2. The predicted octanol–water partition coefficient (Wildman–Crippen LogP) is 3.76. The molecule has 1 atom stereocenters. The number of nitrogens with zero attached hydrogens (tertiary/aromatic N) is 2. The first-order chi connectivity index (χ1) is 14.1. The highest BCUT2D eigenvalue weighted by atomic mass is 16.5. The lowest BCUT2D eigenvalue weighted by Gasteiger charge is -2.26. The van der Waals surface area contributed by atoms with Crippen LogP contribution in [0.15, 0.2) is 48.5 Å². The van der Waals surface area contributed by atoms with E-state index in [-0.39, 0.29) is 11.9 Å². The summed E-state index contributed by atoms with van der Waals surface area (Å²) in [5, 5.41) is 4.13. The molecule has 0 bridgehead atoms. The predicted molar refractivity (Wildman–Crippen MR) is 116 cm³/mol. The van der Waals surface area contributed by atoms with Gasteiger partial charge in [-0.1, -0.05) is 30.3 Å². The molecule has 0 saturated carbocycles. The molecule has 2 aromatic carbocycles. The van der Waals surface area contributed by atoms with Gasteiger partial charge in [-0.3, -0.25) is 9.78 Å². The molecule has 1 aliphatic rings. The minimum Gasteiger partial charge on any atom is -0.497 e. The lowest BCUT2D eigenvalue weighted by atomic mass is 10.00. The van der Waals surface area contributed by atoms with Gasteiger partial charge in [-0.25, -0.2) is 0 Å². The van der Waals surface area contributed by atoms with Crippen molar-refractivity contribution in [3.8, 4) is 5.75 Å². The van der Waals surface area contributed by atoms with E-state index in [0.717, 1.165) is 58.3 Å². The van der Waals surface area contributed by atoms with Crippen LogP contribution < -0.4 is 10.1 Å². The fourth-order valence-electron chi connectivity index (χ4n) is 4.20. The van der Waals surface area contributed by atoms with Gasteiger partial charge >= 0.3 is 0 Å². The van der Waals surface area contributed by atoms with Gasteiger partial charge in [0.1, 0.15) is 5.75 Å². The molecule has 0 aliphatic heterocycles. The van der Waals surface area contributed by atoms with Crippen molar-refractivity contribution in [2.75, 3.05) is 27.7 Å². The first-order valence-corrected chi connectivity index (χ1v) is 10.1. The Bertz CT molecular complexity index is 1050. The van der Waals surface area contributed by atoms with Crippen LogP contribution in [0.25, 0.3) is 10.9 Å². The van der Waals surface area contributed by atoms with Crippen molar-refractivity contribution in [2.24, 2.45) is 0 Å². The Morgan fingerprint density at radius 3 is 2.79 bits per heavy atom. The number of rotatable bonds is 6. The number of carbonyl (C=O) groups is 1.